The van der Waals surface area contributed by atoms with Crippen LogP contribution in [0.1, 0.15) is 12.5 Å². The van der Waals surface area contributed by atoms with Gasteiger partial charge in [-0.15, -0.1) is 0 Å². The van der Waals surface area contributed by atoms with Gasteiger partial charge in [0, 0.05) is 18.6 Å². The molecule has 2 N–H and O–H groups in total. The molecule has 0 saturated heterocycles. The number of pyridine rings is 1. The van der Waals surface area contributed by atoms with Gasteiger partial charge in [-0.05, 0) is 31.0 Å². The first-order chi connectivity index (χ1) is 9.49. The minimum Gasteiger partial charge on any atom is -0.480 e. The molecule has 0 radical (unpaired) electrons. The van der Waals surface area contributed by atoms with Gasteiger partial charge in [-0.25, -0.2) is 0 Å². The number of nitrogens with zero attached hydrogens (tertiary/aromatic N) is 1. The molecule has 5 heteroatoms. The van der Waals surface area contributed by atoms with Gasteiger partial charge in [-0.1, -0.05) is 18.2 Å². The highest BCUT2D eigenvalue weighted by molar-refractivity contribution is 6.02. The van der Waals surface area contributed by atoms with Gasteiger partial charge < -0.3 is 10.4 Å². The molecule has 0 aliphatic rings. The van der Waals surface area contributed by atoms with Crippen molar-refractivity contribution in [2.45, 2.75) is 13.3 Å². The van der Waals surface area contributed by atoms with Crippen molar-refractivity contribution in [1.29, 1.82) is 0 Å². The third kappa shape index (κ3) is 2.34. The summed E-state index contributed by atoms with van der Waals surface area (Å²) >= 11 is 0. The number of hydrogen-bond donors (Lipinski definition) is 2. The molecule has 5 nitrogen and oxygen atoms in total. The van der Waals surface area contributed by atoms with Crippen LogP contribution >= 0.6 is 0 Å². The summed E-state index contributed by atoms with van der Waals surface area (Å²) in [5, 5.41) is 12.7. The van der Waals surface area contributed by atoms with Gasteiger partial charge in [0.15, 0.2) is 0 Å². The van der Waals surface area contributed by atoms with Crippen LogP contribution in [-0.4, -0.2) is 29.0 Å². The van der Waals surface area contributed by atoms with Gasteiger partial charge in [0.05, 0.1) is 5.52 Å². The molecule has 0 saturated carbocycles. The zero-order valence-corrected chi connectivity index (χ0v) is 11.4. The van der Waals surface area contributed by atoms with E-state index in [4.69, 9.17) is 0 Å². The molecule has 0 spiro atoms. The number of aromatic nitrogens is 1. The smallest absolute Gasteiger partial charge is 0.319 e. The quantitative estimate of drug-likeness (QED) is 0.829. The average Bonchev–Trinajstić information content (AvgIpc) is 2.46. The average molecular weight is 272 g/mol. The number of fused-ring (bicyclic) bond motifs is 1. The first-order valence-electron chi connectivity index (χ1n) is 6.27. The Bertz CT molecular complexity index is 664. The fourth-order valence-electron chi connectivity index (χ4n) is 2.22. The van der Waals surface area contributed by atoms with Crippen LogP contribution in [0.2, 0.25) is 0 Å². The molecule has 0 aliphatic carbocycles. The van der Waals surface area contributed by atoms with Gasteiger partial charge >= 0.3 is 5.97 Å². The molecule has 0 bridgehead atoms. The van der Waals surface area contributed by atoms with Gasteiger partial charge in [-0.3, -0.25) is 14.6 Å². The number of aliphatic carboxylic acids is 1. The van der Waals surface area contributed by atoms with Crippen molar-refractivity contribution in [1.82, 2.24) is 10.3 Å². The highest BCUT2D eigenvalue weighted by Gasteiger charge is 2.41. The maximum Gasteiger partial charge on any atom is 0.319 e. The molecule has 2 rings (SSSR count). The summed E-state index contributed by atoms with van der Waals surface area (Å²) in [6, 6.07) is 9.23. The lowest BCUT2D eigenvalue weighted by atomic mass is 9.82. The van der Waals surface area contributed by atoms with Crippen molar-refractivity contribution in [2.24, 2.45) is 5.41 Å². The maximum absolute atomic E-state index is 11.9. The molecule has 1 amide bonds. The molecule has 20 heavy (non-hydrogen) atoms. The van der Waals surface area contributed by atoms with E-state index in [-0.39, 0.29) is 6.42 Å². The van der Waals surface area contributed by atoms with E-state index < -0.39 is 17.3 Å². The fraction of sp³-hybridized carbons (Fsp3) is 0.267. The van der Waals surface area contributed by atoms with E-state index >= 15 is 0 Å². The number of rotatable bonds is 4. The lowest BCUT2D eigenvalue weighted by Gasteiger charge is -2.23. The Balaban J connectivity index is 2.49. The van der Waals surface area contributed by atoms with E-state index in [2.05, 4.69) is 10.3 Å². The number of hydrogen-bond acceptors (Lipinski definition) is 3. The highest BCUT2D eigenvalue weighted by atomic mass is 16.4. The zero-order valence-electron chi connectivity index (χ0n) is 11.4. The van der Waals surface area contributed by atoms with Crippen LogP contribution in [0.25, 0.3) is 10.9 Å². The number of carboxylic acids is 1. The van der Waals surface area contributed by atoms with Gasteiger partial charge in [0.2, 0.25) is 5.91 Å². The van der Waals surface area contributed by atoms with E-state index in [0.29, 0.717) is 0 Å². The second-order valence-electron chi connectivity index (χ2n) is 4.88. The van der Waals surface area contributed by atoms with Crippen LogP contribution in [0.15, 0.2) is 36.5 Å². The predicted octanol–water partition coefficient (Wildman–Crippen LogP) is 1.61. The maximum atomic E-state index is 11.9. The molecular formula is C15H16N2O3. The summed E-state index contributed by atoms with van der Waals surface area (Å²) in [5.41, 5.74) is 0.0811. The number of carboxylic acid groups (broad SMARTS) is 1. The van der Waals surface area contributed by atoms with Crippen molar-refractivity contribution in [2.75, 3.05) is 7.05 Å². The van der Waals surface area contributed by atoms with Crippen molar-refractivity contribution in [3.63, 3.8) is 0 Å². The Morgan fingerprint density at radius 3 is 2.65 bits per heavy atom. The van der Waals surface area contributed by atoms with Gasteiger partial charge in [0.1, 0.15) is 5.41 Å². The largest absolute Gasteiger partial charge is 0.480 e. The minimum absolute atomic E-state index is 0.116. The van der Waals surface area contributed by atoms with E-state index in [1.807, 2.05) is 24.3 Å². The lowest BCUT2D eigenvalue weighted by Crippen LogP contribution is -2.44. The van der Waals surface area contributed by atoms with Gasteiger partial charge in [-0.2, -0.15) is 0 Å². The minimum atomic E-state index is -1.50. The third-order valence-corrected chi connectivity index (χ3v) is 3.48. The van der Waals surface area contributed by atoms with E-state index in [1.54, 1.807) is 12.3 Å². The van der Waals surface area contributed by atoms with Crippen molar-refractivity contribution < 1.29 is 14.7 Å². The molecule has 1 heterocycles. The van der Waals surface area contributed by atoms with Crippen LogP contribution in [0.4, 0.5) is 0 Å². The molecule has 1 aromatic carbocycles. The molecular weight excluding hydrogens is 256 g/mol. The number of carbonyl (C=O) groups excluding carboxylic acids is 1. The summed E-state index contributed by atoms with van der Waals surface area (Å²) in [7, 11) is 1.44. The van der Waals surface area contributed by atoms with E-state index in [0.717, 1.165) is 16.5 Å². The second kappa shape index (κ2) is 5.28. The van der Waals surface area contributed by atoms with Gasteiger partial charge in [0.25, 0.3) is 0 Å². The van der Waals surface area contributed by atoms with Crippen molar-refractivity contribution >= 4 is 22.8 Å². The van der Waals surface area contributed by atoms with Crippen molar-refractivity contribution in [3.8, 4) is 0 Å². The number of amides is 1. The summed E-state index contributed by atoms with van der Waals surface area (Å²) < 4.78 is 0. The summed E-state index contributed by atoms with van der Waals surface area (Å²) in [6.45, 7) is 1.43. The first-order valence-corrected chi connectivity index (χ1v) is 6.27. The molecule has 1 unspecified atom stereocenters. The van der Waals surface area contributed by atoms with Crippen LogP contribution in [0.3, 0.4) is 0 Å². The van der Waals surface area contributed by atoms with Crippen LogP contribution < -0.4 is 5.32 Å². The third-order valence-electron chi connectivity index (χ3n) is 3.48. The Morgan fingerprint density at radius 1 is 1.30 bits per heavy atom. The molecule has 2 aromatic rings. The second-order valence-corrected chi connectivity index (χ2v) is 4.88. The molecule has 0 aliphatic heterocycles. The first kappa shape index (κ1) is 14.0. The topological polar surface area (TPSA) is 79.3 Å². The molecule has 104 valence electrons. The van der Waals surface area contributed by atoms with E-state index in [1.165, 1.54) is 14.0 Å². The molecule has 0 fully saturated rings. The molecule has 1 atom stereocenters. The normalized spacial score (nSPS) is 13.7. The number of benzene rings is 1. The Hall–Kier alpha value is -2.43. The van der Waals surface area contributed by atoms with Crippen LogP contribution in [-0.2, 0) is 16.0 Å². The Morgan fingerprint density at radius 2 is 2.00 bits per heavy atom. The fourth-order valence-corrected chi connectivity index (χ4v) is 2.22. The van der Waals surface area contributed by atoms with Crippen LogP contribution in [0.5, 0.6) is 0 Å². The van der Waals surface area contributed by atoms with E-state index in [9.17, 15) is 14.7 Å². The summed E-state index contributed by atoms with van der Waals surface area (Å²) in [6.07, 6.45) is 1.74. The highest BCUT2D eigenvalue weighted by Crippen LogP contribution is 2.27. The number of nitrogens with one attached hydrogen (secondary N) is 1. The Labute approximate surface area is 116 Å². The van der Waals surface area contributed by atoms with Crippen molar-refractivity contribution in [3.05, 3.63) is 42.1 Å². The Kier molecular flexibility index (Phi) is 3.70. The zero-order chi connectivity index (χ0) is 14.8. The predicted molar refractivity (Wildman–Crippen MR) is 75.3 cm³/mol. The summed E-state index contributed by atoms with van der Waals surface area (Å²) in [5.74, 6) is -1.65. The summed E-state index contributed by atoms with van der Waals surface area (Å²) in [4.78, 5) is 27.6. The SMILES string of the molecule is CNC(=O)C(C)(Cc1ccnc2ccccc12)C(=O)O. The number of carbonyl (C=O) groups is 2. The lowest BCUT2D eigenvalue weighted by molar-refractivity contribution is -0.154. The monoisotopic (exact) mass is 272 g/mol. The standard InChI is InChI=1S/C15H16N2O3/c1-15(14(19)20,13(18)16-2)9-10-7-8-17-12-6-4-3-5-11(10)12/h3-8H,9H2,1-2H3,(H,16,18)(H,19,20). The van der Waals surface area contributed by atoms with Crippen LogP contribution in [0, 0.1) is 5.41 Å². The number of para-hydroxylation sites is 1. The molecule has 1 aromatic heterocycles.